The second-order valence-corrected chi connectivity index (χ2v) is 12.5. The van der Waals surface area contributed by atoms with Crippen molar-refractivity contribution in [1.29, 1.82) is 0 Å². The Morgan fingerprint density at radius 2 is 1.33 bits per heavy atom. The number of likely N-dealkylation sites (tertiary alicyclic amines) is 1. The number of rotatable bonds is 14. The number of methoxy groups -OCH3 is 2. The van der Waals surface area contributed by atoms with Crippen LogP contribution in [-0.4, -0.2) is 72.1 Å². The van der Waals surface area contributed by atoms with Crippen LogP contribution in [0.25, 0.3) is 0 Å². The van der Waals surface area contributed by atoms with Crippen LogP contribution in [0.2, 0.25) is 0 Å². The molecule has 0 radical (unpaired) electrons. The number of aliphatic hydroxyl groups excluding tert-OH is 1. The molecule has 1 fully saturated rings. The molecule has 3 unspecified atom stereocenters. The molecule has 0 bridgehead atoms. The number of nitrogens with zero attached hydrogens (tertiary/aromatic N) is 2. The largest absolute Gasteiger partial charge is 0.497 e. The number of aliphatic hydroxyl groups is 1. The van der Waals surface area contributed by atoms with Crippen LogP contribution < -0.4 is 9.47 Å². The number of β-amino-alcohol motifs (C(OH)–C–C–N with tert-alkyl or cyclic N) is 1. The summed E-state index contributed by atoms with van der Waals surface area (Å²) >= 11 is 0. The van der Waals surface area contributed by atoms with Crippen molar-refractivity contribution in [2.45, 2.75) is 56.5 Å². The predicted octanol–water partition coefficient (Wildman–Crippen LogP) is 5.98. The number of amides is 3. The van der Waals surface area contributed by atoms with Gasteiger partial charge in [-0.15, -0.1) is 0 Å². The molecule has 2 aliphatic rings. The van der Waals surface area contributed by atoms with Crippen molar-refractivity contribution >= 4 is 17.7 Å². The molecular formula is C40H42N2O7. The Bertz CT molecular complexity index is 1720. The van der Waals surface area contributed by atoms with Gasteiger partial charge in [0.1, 0.15) is 17.1 Å². The molecule has 2 heterocycles. The fourth-order valence-electron chi connectivity index (χ4n) is 7.04. The van der Waals surface area contributed by atoms with E-state index in [1.54, 1.807) is 43.4 Å². The molecule has 6 rings (SSSR count). The Kier molecular flexibility index (Phi) is 10.4. The summed E-state index contributed by atoms with van der Waals surface area (Å²) in [6, 6.07) is 31.6. The second kappa shape index (κ2) is 15.1. The van der Waals surface area contributed by atoms with Gasteiger partial charge in [-0.05, 0) is 72.4 Å². The van der Waals surface area contributed by atoms with Crippen molar-refractivity contribution < 1.29 is 33.7 Å². The maximum atomic E-state index is 14.0. The lowest BCUT2D eigenvalue weighted by Gasteiger charge is -2.44. The lowest BCUT2D eigenvalue weighted by Crippen LogP contribution is -2.52. The van der Waals surface area contributed by atoms with Crippen LogP contribution in [0.15, 0.2) is 103 Å². The third-order valence-electron chi connectivity index (χ3n) is 9.57. The quantitative estimate of drug-likeness (QED) is 0.131. The van der Waals surface area contributed by atoms with E-state index in [1.807, 2.05) is 78.9 Å². The molecule has 2 aliphatic heterocycles. The highest BCUT2D eigenvalue weighted by molar-refractivity contribution is 6.21. The first kappa shape index (κ1) is 33.9. The summed E-state index contributed by atoms with van der Waals surface area (Å²) in [5, 5.41) is 11.1. The molecular weight excluding hydrogens is 620 g/mol. The Hall–Kier alpha value is -4.99. The van der Waals surface area contributed by atoms with Gasteiger partial charge in [0.2, 0.25) is 5.91 Å². The van der Waals surface area contributed by atoms with E-state index in [2.05, 4.69) is 0 Å². The maximum Gasteiger partial charge on any atom is 0.261 e. The van der Waals surface area contributed by atoms with Crippen LogP contribution in [-0.2, 0) is 21.7 Å². The number of unbranched alkanes of at least 4 members (excludes halogenated alkanes) is 2. The molecule has 0 aromatic heterocycles. The van der Waals surface area contributed by atoms with Crippen LogP contribution in [0.5, 0.6) is 11.5 Å². The number of hydrogen-bond donors (Lipinski definition) is 1. The number of ether oxygens (including phenoxy) is 3. The van der Waals surface area contributed by atoms with Gasteiger partial charge in [0.15, 0.2) is 0 Å². The first-order chi connectivity index (χ1) is 23.8. The van der Waals surface area contributed by atoms with Crippen LogP contribution >= 0.6 is 0 Å². The predicted molar refractivity (Wildman–Crippen MR) is 184 cm³/mol. The van der Waals surface area contributed by atoms with E-state index >= 15 is 0 Å². The van der Waals surface area contributed by atoms with E-state index in [-0.39, 0.29) is 37.3 Å². The minimum Gasteiger partial charge on any atom is -0.497 e. The lowest BCUT2D eigenvalue weighted by atomic mass is 9.78. The molecule has 9 nitrogen and oxygen atoms in total. The topological polar surface area (TPSA) is 106 Å². The molecule has 254 valence electrons. The highest BCUT2D eigenvalue weighted by atomic mass is 16.5. The highest BCUT2D eigenvalue weighted by Gasteiger charge is 2.51. The van der Waals surface area contributed by atoms with Crippen LogP contribution in [0, 0.1) is 0 Å². The first-order valence-electron chi connectivity index (χ1n) is 16.8. The number of carbonyl (C=O) groups is 3. The van der Waals surface area contributed by atoms with Gasteiger partial charge < -0.3 is 24.2 Å². The zero-order valence-corrected chi connectivity index (χ0v) is 27.9. The first-order valence-corrected chi connectivity index (χ1v) is 16.8. The van der Waals surface area contributed by atoms with Crippen molar-refractivity contribution in [3.63, 3.8) is 0 Å². The van der Waals surface area contributed by atoms with Gasteiger partial charge in [-0.3, -0.25) is 19.3 Å². The van der Waals surface area contributed by atoms with Crippen molar-refractivity contribution in [2.24, 2.45) is 0 Å². The zero-order valence-electron chi connectivity index (χ0n) is 27.9. The second-order valence-electron chi connectivity index (χ2n) is 12.5. The van der Waals surface area contributed by atoms with Crippen molar-refractivity contribution in [3.8, 4) is 11.5 Å². The summed E-state index contributed by atoms with van der Waals surface area (Å²) < 4.78 is 17.9. The van der Waals surface area contributed by atoms with E-state index in [0.29, 0.717) is 49.1 Å². The third-order valence-corrected chi connectivity index (χ3v) is 9.57. The van der Waals surface area contributed by atoms with E-state index in [1.165, 1.54) is 4.90 Å². The molecule has 0 spiro atoms. The molecule has 3 atom stereocenters. The lowest BCUT2D eigenvalue weighted by molar-refractivity contribution is -0.141. The summed E-state index contributed by atoms with van der Waals surface area (Å²) in [5.74, 6) is 0.824. The van der Waals surface area contributed by atoms with Crippen LogP contribution in [0.3, 0.4) is 0 Å². The smallest absolute Gasteiger partial charge is 0.261 e. The van der Waals surface area contributed by atoms with E-state index in [9.17, 15) is 19.5 Å². The molecule has 4 aromatic carbocycles. The minimum atomic E-state index is -1.12. The molecule has 0 aliphatic carbocycles. The van der Waals surface area contributed by atoms with Gasteiger partial charge >= 0.3 is 0 Å². The van der Waals surface area contributed by atoms with Gasteiger partial charge in [0.25, 0.3) is 11.8 Å². The molecule has 1 saturated heterocycles. The Morgan fingerprint density at radius 3 is 1.94 bits per heavy atom. The normalized spacial score (nSPS) is 18.3. The molecule has 0 saturated carbocycles. The van der Waals surface area contributed by atoms with Gasteiger partial charge in [0.05, 0.1) is 44.1 Å². The number of benzene rings is 4. The van der Waals surface area contributed by atoms with Crippen LogP contribution in [0.4, 0.5) is 0 Å². The van der Waals surface area contributed by atoms with Gasteiger partial charge in [0, 0.05) is 19.5 Å². The van der Waals surface area contributed by atoms with Gasteiger partial charge in [-0.2, -0.15) is 0 Å². The summed E-state index contributed by atoms with van der Waals surface area (Å²) in [7, 11) is 3.24. The molecule has 3 amide bonds. The van der Waals surface area contributed by atoms with Gasteiger partial charge in [-0.1, -0.05) is 73.2 Å². The molecule has 49 heavy (non-hydrogen) atoms. The molecule has 1 N–H and O–H groups in total. The van der Waals surface area contributed by atoms with E-state index in [4.69, 9.17) is 14.2 Å². The third kappa shape index (κ3) is 6.95. The molecule has 9 heteroatoms. The average molecular weight is 663 g/mol. The maximum absolute atomic E-state index is 14.0. The summed E-state index contributed by atoms with van der Waals surface area (Å²) in [5.41, 5.74) is 2.40. The number of hydrogen-bond acceptors (Lipinski definition) is 7. The highest BCUT2D eigenvalue weighted by Crippen LogP contribution is 2.45. The van der Waals surface area contributed by atoms with Gasteiger partial charge in [-0.25, -0.2) is 0 Å². The summed E-state index contributed by atoms with van der Waals surface area (Å²) in [6.45, 7) is 0.742. The number of carbonyl (C=O) groups excluding carboxylic acids is 3. The van der Waals surface area contributed by atoms with E-state index < -0.39 is 17.7 Å². The Balaban J connectivity index is 1.22. The number of fused-ring (bicyclic) bond motifs is 1. The van der Waals surface area contributed by atoms with Crippen molar-refractivity contribution in [3.05, 3.63) is 131 Å². The Labute approximate surface area is 287 Å². The monoisotopic (exact) mass is 662 g/mol. The SMILES string of the molecule is COc1ccc(COC(c2ccccc2)(c2ccc(OC)cc2)C2CC(O)CN2C(=O)CCCCCN2C(=O)c3ccccc3C2=O)cc1. The summed E-state index contributed by atoms with van der Waals surface area (Å²) in [6.07, 6.45) is 1.70. The number of imide groups is 1. The van der Waals surface area contributed by atoms with E-state index in [0.717, 1.165) is 22.4 Å². The fourth-order valence-corrected chi connectivity index (χ4v) is 7.04. The van der Waals surface area contributed by atoms with Crippen LogP contribution in [0.1, 0.15) is 69.5 Å². The van der Waals surface area contributed by atoms with Crippen molar-refractivity contribution in [1.82, 2.24) is 9.80 Å². The molecule has 4 aromatic rings. The fraction of sp³-hybridized carbons (Fsp3) is 0.325. The minimum absolute atomic E-state index is 0.0795. The van der Waals surface area contributed by atoms with Crippen molar-refractivity contribution in [2.75, 3.05) is 27.3 Å². The standard InChI is InChI=1S/C40H42N2O7/c1-47-32-20-16-28(17-21-32)27-49-40(29-11-5-3-6-12-29,30-18-22-33(48-2)23-19-30)36-25-31(43)26-42(36)37(44)15-7-4-10-24-41-38(45)34-13-8-9-14-35(34)39(41)46/h3,5-6,8-9,11-14,16-23,31,36,43H,4,7,10,15,24-27H2,1-2H3. The summed E-state index contributed by atoms with van der Waals surface area (Å²) in [4.78, 5) is 42.6. The Morgan fingerprint density at radius 1 is 0.755 bits per heavy atom. The zero-order chi connectivity index (χ0) is 34.4. The average Bonchev–Trinajstić information content (AvgIpc) is 3.65.